The molecule has 2 aromatic carbocycles. The van der Waals surface area contributed by atoms with Crippen molar-refractivity contribution in [1.82, 2.24) is 4.98 Å². The molecule has 144 valence electrons. The zero-order chi connectivity index (χ0) is 20.4. The Labute approximate surface area is 171 Å². The summed E-state index contributed by atoms with van der Waals surface area (Å²) >= 11 is 5.98. The summed E-state index contributed by atoms with van der Waals surface area (Å²) < 4.78 is 11.5. The third-order valence-electron chi connectivity index (χ3n) is 4.54. The van der Waals surface area contributed by atoms with E-state index in [1.165, 1.54) is 24.5 Å². The number of hydrogen-bond donors (Lipinski definition) is 0. The minimum Gasteiger partial charge on any atom is -0.452 e. The second-order valence-electron chi connectivity index (χ2n) is 6.41. The lowest BCUT2D eigenvalue weighted by Gasteiger charge is -2.11. The van der Waals surface area contributed by atoms with Gasteiger partial charge >= 0.3 is 5.97 Å². The summed E-state index contributed by atoms with van der Waals surface area (Å²) in [6.45, 7) is 2.00. The molecule has 2 heterocycles. The first-order valence-electron chi connectivity index (χ1n) is 9.04. The largest absolute Gasteiger partial charge is 0.452 e. The second-order valence-corrected chi connectivity index (χ2v) is 6.84. The summed E-state index contributed by atoms with van der Waals surface area (Å²) in [5, 5.41) is 0.902. The second kappa shape index (κ2) is 7.89. The van der Waals surface area contributed by atoms with Gasteiger partial charge < -0.3 is 9.15 Å². The van der Waals surface area contributed by atoms with E-state index in [2.05, 4.69) is 4.98 Å². The molecule has 0 radical (unpaired) electrons. The first-order valence-corrected chi connectivity index (χ1v) is 9.42. The predicted octanol–water partition coefficient (Wildman–Crippen LogP) is 5.29. The average molecular weight is 406 g/mol. The van der Waals surface area contributed by atoms with Gasteiger partial charge in [0.2, 0.25) is 11.2 Å². The van der Waals surface area contributed by atoms with Crippen molar-refractivity contribution in [2.75, 3.05) is 0 Å². The molecule has 0 fully saturated rings. The van der Waals surface area contributed by atoms with Gasteiger partial charge in [0.25, 0.3) is 0 Å². The van der Waals surface area contributed by atoms with Crippen LogP contribution in [-0.4, -0.2) is 11.0 Å². The van der Waals surface area contributed by atoms with Crippen LogP contribution in [0.2, 0.25) is 5.02 Å². The third-order valence-corrected chi connectivity index (χ3v) is 4.79. The van der Waals surface area contributed by atoms with Gasteiger partial charge in [-0.15, -0.1) is 0 Å². The SMILES string of the molecule is CCc1ccc2oc(-c3ccc(Cl)cc3)c(OC(=O)c3ccncc3)c(=O)c2c1. The maximum absolute atomic E-state index is 13.2. The van der Waals surface area contributed by atoms with Crippen LogP contribution in [0.15, 0.2) is 76.2 Å². The summed E-state index contributed by atoms with van der Waals surface area (Å²) in [5.41, 5.74) is 1.85. The molecule has 0 saturated carbocycles. The topological polar surface area (TPSA) is 69.4 Å². The molecule has 0 aliphatic rings. The zero-order valence-corrected chi connectivity index (χ0v) is 16.3. The Hall–Kier alpha value is -3.44. The number of fused-ring (bicyclic) bond motifs is 1. The molecule has 0 amide bonds. The third kappa shape index (κ3) is 3.77. The maximum Gasteiger partial charge on any atom is 0.343 e. The van der Waals surface area contributed by atoms with Gasteiger partial charge in [0.1, 0.15) is 5.58 Å². The van der Waals surface area contributed by atoms with Crippen molar-refractivity contribution in [3.8, 4) is 17.1 Å². The number of aryl methyl sites for hydroxylation is 1. The number of hydrogen-bond acceptors (Lipinski definition) is 5. The van der Waals surface area contributed by atoms with Crippen LogP contribution < -0.4 is 10.2 Å². The zero-order valence-electron chi connectivity index (χ0n) is 15.5. The number of carbonyl (C=O) groups excluding carboxylic acids is 1. The Bertz CT molecular complexity index is 1250. The van der Waals surface area contributed by atoms with Gasteiger partial charge in [-0.3, -0.25) is 9.78 Å². The molecular formula is C23H16ClNO4. The molecule has 4 aromatic rings. The van der Waals surface area contributed by atoms with E-state index < -0.39 is 11.4 Å². The van der Waals surface area contributed by atoms with E-state index in [0.29, 0.717) is 21.6 Å². The van der Waals surface area contributed by atoms with Crippen LogP contribution in [0.4, 0.5) is 0 Å². The van der Waals surface area contributed by atoms with E-state index >= 15 is 0 Å². The van der Waals surface area contributed by atoms with E-state index in [0.717, 1.165) is 12.0 Å². The number of esters is 1. The van der Waals surface area contributed by atoms with Crippen LogP contribution in [0.25, 0.3) is 22.3 Å². The highest BCUT2D eigenvalue weighted by Gasteiger charge is 2.21. The smallest absolute Gasteiger partial charge is 0.343 e. The molecule has 0 aliphatic carbocycles. The average Bonchev–Trinajstić information content (AvgIpc) is 2.76. The Morgan fingerprint density at radius 1 is 1.07 bits per heavy atom. The lowest BCUT2D eigenvalue weighted by molar-refractivity contribution is 0.0731. The lowest BCUT2D eigenvalue weighted by Crippen LogP contribution is -2.16. The number of halogens is 1. The Kier molecular flexibility index (Phi) is 5.14. The molecule has 0 unspecified atom stereocenters. The molecule has 2 aromatic heterocycles. The molecule has 0 bridgehead atoms. The minimum absolute atomic E-state index is 0.158. The van der Waals surface area contributed by atoms with Crippen molar-refractivity contribution in [3.63, 3.8) is 0 Å². The van der Waals surface area contributed by atoms with Gasteiger partial charge in [0.05, 0.1) is 10.9 Å². The molecule has 5 nitrogen and oxygen atoms in total. The van der Waals surface area contributed by atoms with Gasteiger partial charge in [-0.25, -0.2) is 4.79 Å². The number of ether oxygens (including phenoxy) is 1. The first kappa shape index (κ1) is 18.9. The summed E-state index contributed by atoms with van der Waals surface area (Å²) in [6.07, 6.45) is 3.72. The van der Waals surface area contributed by atoms with E-state index in [1.807, 2.05) is 13.0 Å². The van der Waals surface area contributed by atoms with Crippen LogP contribution in [0.5, 0.6) is 5.75 Å². The Balaban J connectivity index is 1.92. The summed E-state index contributed by atoms with van der Waals surface area (Å²) in [7, 11) is 0. The van der Waals surface area contributed by atoms with Gasteiger partial charge in [-0.2, -0.15) is 0 Å². The Morgan fingerprint density at radius 2 is 1.79 bits per heavy atom. The number of aromatic nitrogens is 1. The number of pyridine rings is 1. The lowest BCUT2D eigenvalue weighted by atomic mass is 10.1. The van der Waals surface area contributed by atoms with Crippen molar-refractivity contribution >= 4 is 28.5 Å². The number of benzene rings is 2. The molecule has 29 heavy (non-hydrogen) atoms. The van der Waals surface area contributed by atoms with Crippen LogP contribution in [-0.2, 0) is 6.42 Å². The fourth-order valence-electron chi connectivity index (χ4n) is 2.97. The van der Waals surface area contributed by atoms with Crippen molar-refractivity contribution in [3.05, 3.63) is 93.4 Å². The molecule has 0 aliphatic heterocycles. The molecule has 0 atom stereocenters. The highest BCUT2D eigenvalue weighted by atomic mass is 35.5. The molecule has 0 spiro atoms. The van der Waals surface area contributed by atoms with Crippen molar-refractivity contribution in [2.24, 2.45) is 0 Å². The Morgan fingerprint density at radius 3 is 2.48 bits per heavy atom. The standard InChI is InChI=1S/C23H16ClNO4/c1-2-14-3-8-19-18(13-14)20(26)22(29-23(27)16-9-11-25-12-10-16)21(28-19)15-4-6-17(24)7-5-15/h3-13H,2H2,1H3. The van der Waals surface area contributed by atoms with Gasteiger partial charge in [-0.05, 0) is 60.5 Å². The van der Waals surface area contributed by atoms with Gasteiger partial charge in [0, 0.05) is 23.0 Å². The van der Waals surface area contributed by atoms with Gasteiger partial charge in [0.15, 0.2) is 5.76 Å². The fourth-order valence-corrected chi connectivity index (χ4v) is 3.09. The number of nitrogens with zero attached hydrogens (tertiary/aromatic N) is 1. The quantitative estimate of drug-likeness (QED) is 0.431. The molecule has 4 rings (SSSR count). The van der Waals surface area contributed by atoms with E-state index in [1.54, 1.807) is 36.4 Å². The molecule has 6 heteroatoms. The van der Waals surface area contributed by atoms with Crippen molar-refractivity contribution in [1.29, 1.82) is 0 Å². The van der Waals surface area contributed by atoms with E-state index in [-0.39, 0.29) is 17.1 Å². The highest BCUT2D eigenvalue weighted by molar-refractivity contribution is 6.30. The normalized spacial score (nSPS) is 10.8. The minimum atomic E-state index is -0.666. The molecule has 0 saturated heterocycles. The number of rotatable bonds is 4. The van der Waals surface area contributed by atoms with Crippen LogP contribution >= 0.6 is 11.6 Å². The van der Waals surface area contributed by atoms with Crippen LogP contribution in [0, 0.1) is 0 Å². The monoisotopic (exact) mass is 405 g/mol. The summed E-state index contributed by atoms with van der Waals surface area (Å²) in [4.78, 5) is 29.7. The first-order chi connectivity index (χ1) is 14.1. The summed E-state index contributed by atoms with van der Waals surface area (Å²) in [6, 6.07) is 15.2. The van der Waals surface area contributed by atoms with Crippen molar-refractivity contribution < 1.29 is 13.9 Å². The highest BCUT2D eigenvalue weighted by Crippen LogP contribution is 2.32. The molecule has 0 N–H and O–H groups in total. The maximum atomic E-state index is 13.2. The summed E-state index contributed by atoms with van der Waals surface area (Å²) in [5.74, 6) is -0.651. The van der Waals surface area contributed by atoms with Crippen LogP contribution in [0.1, 0.15) is 22.8 Å². The predicted molar refractivity (Wildman–Crippen MR) is 112 cm³/mol. The number of carbonyl (C=O) groups is 1. The van der Waals surface area contributed by atoms with Crippen LogP contribution in [0.3, 0.4) is 0 Å². The molecular weight excluding hydrogens is 390 g/mol. The fraction of sp³-hybridized carbons (Fsp3) is 0.0870. The van der Waals surface area contributed by atoms with E-state index in [9.17, 15) is 9.59 Å². The van der Waals surface area contributed by atoms with Crippen molar-refractivity contribution in [2.45, 2.75) is 13.3 Å². The van der Waals surface area contributed by atoms with E-state index in [4.69, 9.17) is 20.8 Å². The van der Waals surface area contributed by atoms with Gasteiger partial charge in [-0.1, -0.05) is 24.6 Å².